The largest absolute Gasteiger partial charge is 0.356 e. The molecule has 0 saturated heterocycles. The van der Waals surface area contributed by atoms with E-state index in [2.05, 4.69) is 82.3 Å². The number of rotatable bonds is 5. The third-order valence-electron chi connectivity index (χ3n) is 4.66. The summed E-state index contributed by atoms with van der Waals surface area (Å²) in [7, 11) is 1.79. The monoisotopic (exact) mass is 349 g/mol. The van der Waals surface area contributed by atoms with Gasteiger partial charge < -0.3 is 15.0 Å². The third-order valence-corrected chi connectivity index (χ3v) is 4.66. The first-order chi connectivity index (χ1) is 12.5. The van der Waals surface area contributed by atoms with Gasteiger partial charge in [-0.1, -0.05) is 50.2 Å². The van der Waals surface area contributed by atoms with Gasteiger partial charge in [0.1, 0.15) is 5.65 Å². The molecule has 0 fully saturated rings. The molecule has 3 aromatic rings. The highest BCUT2D eigenvalue weighted by Crippen LogP contribution is 2.21. The van der Waals surface area contributed by atoms with Crippen LogP contribution < -0.4 is 10.6 Å². The Hall–Kier alpha value is -2.82. The van der Waals surface area contributed by atoms with Gasteiger partial charge in [-0.2, -0.15) is 0 Å². The van der Waals surface area contributed by atoms with E-state index in [9.17, 15) is 0 Å². The van der Waals surface area contributed by atoms with Crippen molar-refractivity contribution in [3.05, 3.63) is 71.7 Å². The highest BCUT2D eigenvalue weighted by molar-refractivity contribution is 5.79. The van der Waals surface area contributed by atoms with Crippen molar-refractivity contribution in [2.75, 3.05) is 13.6 Å². The van der Waals surface area contributed by atoms with Gasteiger partial charge in [0.25, 0.3) is 0 Å². The molecule has 5 heteroatoms. The maximum Gasteiger partial charge on any atom is 0.191 e. The number of fused-ring (bicyclic) bond motifs is 1. The van der Waals surface area contributed by atoms with E-state index in [-0.39, 0.29) is 5.41 Å². The van der Waals surface area contributed by atoms with Gasteiger partial charge in [0.05, 0.1) is 12.2 Å². The Morgan fingerprint density at radius 3 is 2.54 bits per heavy atom. The zero-order valence-electron chi connectivity index (χ0n) is 16.0. The molecular weight excluding hydrogens is 322 g/mol. The molecule has 2 heterocycles. The molecule has 0 saturated carbocycles. The fraction of sp³-hybridized carbons (Fsp3) is 0.333. The average Bonchev–Trinajstić information content (AvgIpc) is 3.07. The minimum Gasteiger partial charge on any atom is -0.356 e. The van der Waals surface area contributed by atoms with Crippen molar-refractivity contribution in [3.8, 4) is 0 Å². The van der Waals surface area contributed by atoms with E-state index >= 15 is 0 Å². The molecular formula is C21H27N5. The first-order valence-electron chi connectivity index (χ1n) is 8.93. The lowest BCUT2D eigenvalue weighted by molar-refractivity contribution is 0.508. The number of pyridine rings is 1. The minimum atomic E-state index is 0.0130. The SMILES string of the molecule is CN=C(NCc1cn2c(C)cccc2n1)NCC(C)(C)c1ccccc1. The average molecular weight is 349 g/mol. The van der Waals surface area contributed by atoms with E-state index in [1.165, 1.54) is 11.3 Å². The molecule has 0 aliphatic rings. The van der Waals surface area contributed by atoms with Crippen LogP contribution in [0, 0.1) is 6.92 Å². The van der Waals surface area contributed by atoms with Crippen LogP contribution in [0.25, 0.3) is 5.65 Å². The zero-order chi connectivity index (χ0) is 18.6. The molecule has 2 aromatic heterocycles. The van der Waals surface area contributed by atoms with Gasteiger partial charge in [0, 0.05) is 30.9 Å². The molecule has 2 N–H and O–H groups in total. The number of benzene rings is 1. The summed E-state index contributed by atoms with van der Waals surface area (Å²) in [4.78, 5) is 8.99. The highest BCUT2D eigenvalue weighted by Gasteiger charge is 2.20. The molecule has 136 valence electrons. The molecule has 26 heavy (non-hydrogen) atoms. The lowest BCUT2D eigenvalue weighted by Gasteiger charge is -2.26. The molecule has 1 aromatic carbocycles. The summed E-state index contributed by atoms with van der Waals surface area (Å²) in [5, 5.41) is 6.78. The molecule has 0 bridgehead atoms. The lowest BCUT2D eigenvalue weighted by atomic mass is 9.85. The van der Waals surface area contributed by atoms with E-state index < -0.39 is 0 Å². The van der Waals surface area contributed by atoms with Crippen molar-refractivity contribution in [1.29, 1.82) is 0 Å². The van der Waals surface area contributed by atoms with Crippen molar-refractivity contribution in [3.63, 3.8) is 0 Å². The summed E-state index contributed by atoms with van der Waals surface area (Å²) in [6, 6.07) is 16.7. The van der Waals surface area contributed by atoms with Crippen molar-refractivity contribution >= 4 is 11.6 Å². The van der Waals surface area contributed by atoms with Gasteiger partial charge in [-0.15, -0.1) is 0 Å². The predicted octanol–water partition coefficient (Wildman–Crippen LogP) is 3.29. The number of aryl methyl sites for hydroxylation is 1. The number of hydrogen-bond acceptors (Lipinski definition) is 2. The van der Waals surface area contributed by atoms with Crippen LogP contribution in [0.3, 0.4) is 0 Å². The highest BCUT2D eigenvalue weighted by atomic mass is 15.2. The minimum absolute atomic E-state index is 0.0130. The van der Waals surface area contributed by atoms with Crippen LogP contribution in [0.1, 0.15) is 30.8 Å². The first kappa shape index (κ1) is 18.0. The summed E-state index contributed by atoms with van der Waals surface area (Å²) < 4.78 is 2.10. The van der Waals surface area contributed by atoms with Crippen LogP contribution in [0.4, 0.5) is 0 Å². The van der Waals surface area contributed by atoms with Gasteiger partial charge in [-0.05, 0) is 24.6 Å². The fourth-order valence-electron chi connectivity index (χ4n) is 2.97. The fourth-order valence-corrected chi connectivity index (χ4v) is 2.97. The normalized spacial score (nSPS) is 12.4. The number of nitrogens with zero attached hydrogens (tertiary/aromatic N) is 3. The molecule has 0 amide bonds. The number of guanidine groups is 1. The summed E-state index contributed by atoms with van der Waals surface area (Å²) in [5.74, 6) is 0.780. The molecule has 0 aliphatic carbocycles. The second-order valence-electron chi connectivity index (χ2n) is 7.16. The molecule has 0 atom stereocenters. The van der Waals surface area contributed by atoms with E-state index in [1.807, 2.05) is 18.2 Å². The quantitative estimate of drug-likeness (QED) is 0.549. The van der Waals surface area contributed by atoms with Crippen LogP contribution in [-0.2, 0) is 12.0 Å². The van der Waals surface area contributed by atoms with Crippen LogP contribution in [-0.4, -0.2) is 28.9 Å². The van der Waals surface area contributed by atoms with E-state index in [0.29, 0.717) is 6.54 Å². The van der Waals surface area contributed by atoms with E-state index in [4.69, 9.17) is 0 Å². The molecule has 0 aliphatic heterocycles. The topological polar surface area (TPSA) is 53.7 Å². The Morgan fingerprint density at radius 1 is 1.08 bits per heavy atom. The van der Waals surface area contributed by atoms with Gasteiger partial charge in [-0.25, -0.2) is 4.98 Å². The first-order valence-corrected chi connectivity index (χ1v) is 8.93. The lowest BCUT2D eigenvalue weighted by Crippen LogP contribution is -2.43. The van der Waals surface area contributed by atoms with Crippen molar-refractivity contribution < 1.29 is 0 Å². The van der Waals surface area contributed by atoms with Crippen molar-refractivity contribution in [2.24, 2.45) is 4.99 Å². The van der Waals surface area contributed by atoms with Gasteiger partial charge in [0.2, 0.25) is 0 Å². The Labute approximate surface area is 155 Å². The van der Waals surface area contributed by atoms with Gasteiger partial charge in [0.15, 0.2) is 5.96 Å². The Bertz CT molecular complexity index is 893. The van der Waals surface area contributed by atoms with Crippen LogP contribution >= 0.6 is 0 Å². The molecule has 0 spiro atoms. The Morgan fingerprint density at radius 2 is 1.85 bits per heavy atom. The number of aromatic nitrogens is 2. The summed E-state index contributed by atoms with van der Waals surface area (Å²) in [6.07, 6.45) is 2.07. The summed E-state index contributed by atoms with van der Waals surface area (Å²) in [6.45, 7) is 7.96. The molecule has 0 unspecified atom stereocenters. The number of hydrogen-bond donors (Lipinski definition) is 2. The standard InChI is InChI=1S/C21H27N5/c1-16-9-8-12-19-25-18(14-26(16)19)13-23-20(22-4)24-15-21(2,3)17-10-6-5-7-11-17/h5-12,14H,13,15H2,1-4H3,(H2,22,23,24). The molecule has 3 rings (SSSR count). The predicted molar refractivity (Wildman–Crippen MR) is 108 cm³/mol. The maximum atomic E-state index is 4.65. The van der Waals surface area contributed by atoms with E-state index in [0.717, 1.165) is 23.8 Å². The van der Waals surface area contributed by atoms with E-state index in [1.54, 1.807) is 7.05 Å². The van der Waals surface area contributed by atoms with Gasteiger partial charge >= 0.3 is 0 Å². The second-order valence-corrected chi connectivity index (χ2v) is 7.16. The Kier molecular flexibility index (Phi) is 5.26. The van der Waals surface area contributed by atoms with Crippen LogP contribution in [0.15, 0.2) is 59.7 Å². The number of nitrogens with one attached hydrogen (secondary N) is 2. The van der Waals surface area contributed by atoms with Crippen LogP contribution in [0.5, 0.6) is 0 Å². The maximum absolute atomic E-state index is 4.65. The van der Waals surface area contributed by atoms with Crippen molar-refractivity contribution in [2.45, 2.75) is 32.7 Å². The Balaban J connectivity index is 1.60. The summed E-state index contributed by atoms with van der Waals surface area (Å²) in [5.41, 5.74) is 4.45. The summed E-state index contributed by atoms with van der Waals surface area (Å²) >= 11 is 0. The van der Waals surface area contributed by atoms with Crippen molar-refractivity contribution in [1.82, 2.24) is 20.0 Å². The second kappa shape index (κ2) is 7.60. The molecule has 0 radical (unpaired) electrons. The van der Waals surface area contributed by atoms with Crippen LogP contribution in [0.2, 0.25) is 0 Å². The molecule has 5 nitrogen and oxygen atoms in total. The number of aliphatic imine (C=N–C) groups is 1. The zero-order valence-corrected chi connectivity index (χ0v) is 16.0. The van der Waals surface area contributed by atoms with Gasteiger partial charge in [-0.3, -0.25) is 4.99 Å². The smallest absolute Gasteiger partial charge is 0.191 e. The third kappa shape index (κ3) is 4.04. The number of imidazole rings is 1.